The number of aromatic nitrogens is 5. The van der Waals surface area contributed by atoms with Crippen LogP contribution in [0.1, 0.15) is 11.1 Å². The molecule has 0 unspecified atom stereocenters. The molecule has 1 N–H and O–H groups in total. The minimum atomic E-state index is 0.438. The molecule has 0 aliphatic heterocycles. The van der Waals surface area contributed by atoms with Crippen molar-refractivity contribution < 1.29 is 4.74 Å². The Morgan fingerprint density at radius 3 is 3.03 bits per heavy atom. The van der Waals surface area contributed by atoms with E-state index in [4.69, 9.17) is 10.00 Å². The number of nitriles is 1. The molecular formula is C21H14N6OS. The van der Waals surface area contributed by atoms with Gasteiger partial charge in [0.15, 0.2) is 16.2 Å². The summed E-state index contributed by atoms with van der Waals surface area (Å²) in [7, 11) is 0. The van der Waals surface area contributed by atoms with E-state index in [0.29, 0.717) is 35.0 Å². The van der Waals surface area contributed by atoms with Crippen molar-refractivity contribution in [3.63, 3.8) is 0 Å². The zero-order valence-corrected chi connectivity index (χ0v) is 16.0. The molecule has 5 aromatic rings. The largest absolute Gasteiger partial charge is 0.476 e. The Kier molecular flexibility index (Phi) is 4.35. The molecule has 4 heterocycles. The molecule has 5 rings (SSSR count). The lowest BCUT2D eigenvalue weighted by Gasteiger charge is -2.08. The van der Waals surface area contributed by atoms with E-state index in [-0.39, 0.29) is 0 Å². The molecule has 0 fully saturated rings. The standard InChI is InChI=1S/C21H14N6OS/c22-8-13-7-15(10-23-9-13)19-26-20(18-21(27-19)29-12-25-18)28-6-5-14-11-24-17-4-2-1-3-16(14)17/h1-4,7,9-12,24H,5-6H2. The normalized spacial score (nSPS) is 11.0. The number of para-hydroxylation sites is 1. The second-order valence-electron chi connectivity index (χ2n) is 6.39. The van der Waals surface area contributed by atoms with Gasteiger partial charge in [0.2, 0.25) is 5.88 Å². The number of nitrogens with zero attached hydrogens (tertiary/aromatic N) is 5. The predicted molar refractivity (Wildman–Crippen MR) is 111 cm³/mol. The maximum Gasteiger partial charge on any atom is 0.245 e. The highest BCUT2D eigenvalue weighted by Crippen LogP contribution is 2.28. The maximum atomic E-state index is 9.12. The van der Waals surface area contributed by atoms with E-state index in [1.807, 2.05) is 18.3 Å². The lowest BCUT2D eigenvalue weighted by Crippen LogP contribution is -2.04. The molecule has 0 amide bonds. The summed E-state index contributed by atoms with van der Waals surface area (Å²) in [5.74, 6) is 0.905. The van der Waals surface area contributed by atoms with Crippen molar-refractivity contribution in [2.24, 2.45) is 0 Å². The molecule has 0 spiro atoms. The molecule has 4 aromatic heterocycles. The van der Waals surface area contributed by atoms with Gasteiger partial charge in [0.1, 0.15) is 6.07 Å². The minimum Gasteiger partial charge on any atom is -0.476 e. The number of fused-ring (bicyclic) bond motifs is 2. The average Bonchev–Trinajstić information content (AvgIpc) is 3.41. The van der Waals surface area contributed by atoms with Crippen LogP contribution >= 0.6 is 11.3 Å². The SMILES string of the molecule is N#Cc1cncc(-c2nc(OCCc3c[nH]c4ccccc34)c3ncsc3n2)c1. The summed E-state index contributed by atoms with van der Waals surface area (Å²) in [5.41, 5.74) is 5.79. The monoisotopic (exact) mass is 398 g/mol. The second-order valence-corrected chi connectivity index (χ2v) is 7.22. The van der Waals surface area contributed by atoms with E-state index in [1.165, 1.54) is 28.5 Å². The molecule has 1 aromatic carbocycles. The molecule has 0 radical (unpaired) electrons. The summed E-state index contributed by atoms with van der Waals surface area (Å²) in [5, 5.41) is 10.3. The van der Waals surface area contributed by atoms with Crippen LogP contribution in [0.15, 0.2) is 54.4 Å². The summed E-state index contributed by atoms with van der Waals surface area (Å²) < 4.78 is 6.01. The van der Waals surface area contributed by atoms with Gasteiger partial charge in [-0.1, -0.05) is 18.2 Å². The van der Waals surface area contributed by atoms with Crippen molar-refractivity contribution in [3.05, 3.63) is 65.6 Å². The van der Waals surface area contributed by atoms with Crippen LogP contribution < -0.4 is 4.74 Å². The van der Waals surface area contributed by atoms with E-state index in [0.717, 1.165) is 16.8 Å². The summed E-state index contributed by atoms with van der Waals surface area (Å²) in [6.07, 6.45) is 5.89. The summed E-state index contributed by atoms with van der Waals surface area (Å²) in [6.45, 7) is 0.460. The first kappa shape index (κ1) is 17.3. The number of thiazole rings is 1. The van der Waals surface area contributed by atoms with Crippen LogP contribution in [0.3, 0.4) is 0 Å². The Morgan fingerprint density at radius 2 is 2.10 bits per heavy atom. The zero-order chi connectivity index (χ0) is 19.6. The summed E-state index contributed by atoms with van der Waals surface area (Å²) in [6, 6.07) is 12.0. The van der Waals surface area contributed by atoms with Gasteiger partial charge in [0, 0.05) is 41.5 Å². The molecule has 140 valence electrons. The van der Waals surface area contributed by atoms with Crippen molar-refractivity contribution in [2.75, 3.05) is 6.61 Å². The quantitative estimate of drug-likeness (QED) is 0.478. The fourth-order valence-electron chi connectivity index (χ4n) is 3.19. The number of nitrogens with one attached hydrogen (secondary N) is 1. The van der Waals surface area contributed by atoms with Gasteiger partial charge in [0.05, 0.1) is 17.7 Å². The van der Waals surface area contributed by atoms with E-state index in [1.54, 1.807) is 17.8 Å². The number of hydrogen-bond donors (Lipinski definition) is 1. The second kappa shape index (κ2) is 7.30. The average molecular weight is 398 g/mol. The molecule has 7 nitrogen and oxygen atoms in total. The van der Waals surface area contributed by atoms with Crippen LogP contribution in [-0.2, 0) is 6.42 Å². The Morgan fingerprint density at radius 1 is 1.17 bits per heavy atom. The first-order valence-electron chi connectivity index (χ1n) is 8.96. The van der Waals surface area contributed by atoms with Crippen LogP contribution in [0, 0.1) is 11.3 Å². The molecular weight excluding hydrogens is 384 g/mol. The number of rotatable bonds is 5. The number of H-pyrrole nitrogens is 1. The Bertz CT molecular complexity index is 1370. The maximum absolute atomic E-state index is 9.12. The molecule has 8 heteroatoms. The first-order chi connectivity index (χ1) is 14.3. The van der Waals surface area contributed by atoms with E-state index < -0.39 is 0 Å². The summed E-state index contributed by atoms with van der Waals surface area (Å²) >= 11 is 1.42. The molecule has 0 aliphatic rings. The molecule has 0 aliphatic carbocycles. The van der Waals surface area contributed by atoms with Crippen molar-refractivity contribution in [1.29, 1.82) is 5.26 Å². The van der Waals surface area contributed by atoms with Gasteiger partial charge in [-0.3, -0.25) is 4.98 Å². The van der Waals surface area contributed by atoms with E-state index in [9.17, 15) is 0 Å². The highest BCUT2D eigenvalue weighted by Gasteiger charge is 2.14. The highest BCUT2D eigenvalue weighted by molar-refractivity contribution is 7.16. The van der Waals surface area contributed by atoms with Crippen LogP contribution in [0.5, 0.6) is 5.88 Å². The van der Waals surface area contributed by atoms with Crippen LogP contribution in [0.4, 0.5) is 0 Å². The fourth-order valence-corrected chi connectivity index (χ4v) is 3.83. The molecule has 29 heavy (non-hydrogen) atoms. The van der Waals surface area contributed by atoms with Crippen molar-refractivity contribution in [3.8, 4) is 23.3 Å². The topological polar surface area (TPSA) is 100 Å². The van der Waals surface area contributed by atoms with E-state index in [2.05, 4.69) is 43.1 Å². The predicted octanol–water partition coefficient (Wildman–Crippen LogP) is 4.12. The van der Waals surface area contributed by atoms with Crippen molar-refractivity contribution in [2.45, 2.75) is 6.42 Å². The van der Waals surface area contributed by atoms with E-state index >= 15 is 0 Å². The molecule has 0 saturated carbocycles. The van der Waals surface area contributed by atoms with Crippen molar-refractivity contribution >= 4 is 32.6 Å². The van der Waals surface area contributed by atoms with Gasteiger partial charge in [-0.25, -0.2) is 9.97 Å². The lowest BCUT2D eigenvalue weighted by atomic mass is 10.1. The van der Waals surface area contributed by atoms with Gasteiger partial charge in [-0.2, -0.15) is 10.2 Å². The molecule has 0 saturated heterocycles. The zero-order valence-electron chi connectivity index (χ0n) is 15.2. The summed E-state index contributed by atoms with van der Waals surface area (Å²) in [4.78, 5) is 21.6. The lowest BCUT2D eigenvalue weighted by molar-refractivity contribution is 0.313. The number of pyridine rings is 1. The first-order valence-corrected chi connectivity index (χ1v) is 9.84. The number of ether oxygens (including phenoxy) is 1. The third kappa shape index (κ3) is 3.28. The third-order valence-electron chi connectivity index (χ3n) is 4.58. The molecule has 0 atom stereocenters. The fraction of sp³-hybridized carbons (Fsp3) is 0.0952. The third-order valence-corrected chi connectivity index (χ3v) is 5.30. The minimum absolute atomic E-state index is 0.438. The van der Waals surface area contributed by atoms with Crippen LogP contribution in [0.25, 0.3) is 32.6 Å². The molecule has 0 bridgehead atoms. The number of hydrogen-bond acceptors (Lipinski definition) is 7. The van der Waals surface area contributed by atoms with Gasteiger partial charge in [-0.15, -0.1) is 11.3 Å². The van der Waals surface area contributed by atoms with Gasteiger partial charge >= 0.3 is 0 Å². The Balaban J connectivity index is 1.43. The van der Waals surface area contributed by atoms with Gasteiger partial charge < -0.3 is 9.72 Å². The number of aromatic amines is 1. The van der Waals surface area contributed by atoms with Gasteiger partial charge in [-0.05, 0) is 17.7 Å². The Labute approximate surface area is 169 Å². The highest BCUT2D eigenvalue weighted by atomic mass is 32.1. The smallest absolute Gasteiger partial charge is 0.245 e. The van der Waals surface area contributed by atoms with Crippen LogP contribution in [0.2, 0.25) is 0 Å². The van der Waals surface area contributed by atoms with Crippen LogP contribution in [-0.4, -0.2) is 31.5 Å². The number of benzene rings is 1. The van der Waals surface area contributed by atoms with Crippen molar-refractivity contribution in [1.82, 2.24) is 24.9 Å². The Hall–Kier alpha value is -3.83. The van der Waals surface area contributed by atoms with Gasteiger partial charge in [0.25, 0.3) is 0 Å².